The Kier molecular flexibility index (Phi) is 3.24. The second-order valence-corrected chi connectivity index (χ2v) is 5.20. The molecule has 1 aromatic carbocycles. The lowest BCUT2D eigenvalue weighted by Gasteiger charge is -2.08. The molecule has 0 radical (unpaired) electrons. The lowest BCUT2D eigenvalue weighted by Crippen LogP contribution is -2.25. The van der Waals surface area contributed by atoms with Gasteiger partial charge >= 0.3 is 5.97 Å². The first kappa shape index (κ1) is 11.1. The van der Waals surface area contributed by atoms with Crippen LogP contribution in [-0.2, 0) is 22.0 Å². The van der Waals surface area contributed by atoms with E-state index in [9.17, 15) is 9.00 Å². The second kappa shape index (κ2) is 4.65. The van der Waals surface area contributed by atoms with Crippen LogP contribution in [0.1, 0.15) is 5.56 Å². The Bertz CT molecular complexity index is 405. The SMILES string of the molecule is O=C(O)CS(=O)CC1Cc2ccccc2O1. The summed E-state index contributed by atoms with van der Waals surface area (Å²) < 4.78 is 17.0. The number of carbonyl (C=O) groups is 1. The number of rotatable bonds is 4. The van der Waals surface area contributed by atoms with Crippen molar-refractivity contribution in [2.75, 3.05) is 11.5 Å². The lowest BCUT2D eigenvalue weighted by atomic mass is 10.1. The number of hydrogen-bond acceptors (Lipinski definition) is 3. The molecule has 0 saturated carbocycles. The van der Waals surface area contributed by atoms with Crippen LogP contribution in [0.25, 0.3) is 0 Å². The molecule has 0 aromatic heterocycles. The van der Waals surface area contributed by atoms with E-state index in [0.717, 1.165) is 11.3 Å². The molecule has 0 amide bonds. The molecule has 0 bridgehead atoms. The Balaban J connectivity index is 1.92. The minimum absolute atomic E-state index is 0.155. The Hall–Kier alpha value is -1.36. The standard InChI is InChI=1S/C11H12O4S/c12-11(13)7-16(14)6-9-5-8-3-1-2-4-10(8)15-9/h1-4,9H,5-7H2,(H,12,13). The highest BCUT2D eigenvalue weighted by atomic mass is 32.2. The molecule has 0 fully saturated rings. The Labute approximate surface area is 95.7 Å². The number of fused-ring (bicyclic) bond motifs is 1. The summed E-state index contributed by atoms with van der Waals surface area (Å²) in [6.07, 6.45) is 0.555. The van der Waals surface area contributed by atoms with Gasteiger partial charge in [0.05, 0.1) is 5.75 Å². The predicted molar refractivity (Wildman–Crippen MR) is 60.1 cm³/mol. The van der Waals surface area contributed by atoms with Gasteiger partial charge in [-0.1, -0.05) is 18.2 Å². The van der Waals surface area contributed by atoms with Gasteiger partial charge in [0.15, 0.2) is 0 Å². The summed E-state index contributed by atoms with van der Waals surface area (Å²) in [6, 6.07) is 7.65. The molecule has 1 heterocycles. The van der Waals surface area contributed by atoms with E-state index >= 15 is 0 Å². The Morgan fingerprint density at radius 2 is 2.25 bits per heavy atom. The minimum atomic E-state index is -1.35. The summed E-state index contributed by atoms with van der Waals surface area (Å²) >= 11 is 0. The van der Waals surface area contributed by atoms with E-state index < -0.39 is 16.8 Å². The maximum absolute atomic E-state index is 11.4. The van der Waals surface area contributed by atoms with Gasteiger partial charge in [-0.3, -0.25) is 9.00 Å². The third kappa shape index (κ3) is 2.61. The molecule has 16 heavy (non-hydrogen) atoms. The van der Waals surface area contributed by atoms with Gasteiger partial charge in [-0.05, 0) is 11.6 Å². The number of para-hydroxylation sites is 1. The molecule has 1 aliphatic rings. The first-order valence-corrected chi connectivity index (χ1v) is 6.45. The van der Waals surface area contributed by atoms with Crippen LogP contribution < -0.4 is 4.74 Å². The van der Waals surface area contributed by atoms with Crippen LogP contribution in [0.15, 0.2) is 24.3 Å². The zero-order valence-corrected chi connectivity index (χ0v) is 9.40. The van der Waals surface area contributed by atoms with Crippen molar-refractivity contribution >= 4 is 16.8 Å². The summed E-state index contributed by atoms with van der Waals surface area (Å²) in [4.78, 5) is 10.4. The van der Waals surface area contributed by atoms with Gasteiger partial charge in [0, 0.05) is 17.2 Å². The zero-order chi connectivity index (χ0) is 11.5. The molecular formula is C11H12O4S. The molecular weight excluding hydrogens is 228 g/mol. The monoisotopic (exact) mass is 240 g/mol. The van der Waals surface area contributed by atoms with E-state index in [2.05, 4.69) is 0 Å². The first-order valence-electron chi connectivity index (χ1n) is 4.96. The van der Waals surface area contributed by atoms with Crippen molar-refractivity contribution in [2.24, 2.45) is 0 Å². The van der Waals surface area contributed by atoms with Crippen LogP contribution >= 0.6 is 0 Å². The van der Waals surface area contributed by atoms with Gasteiger partial charge in [-0.2, -0.15) is 0 Å². The molecule has 5 heteroatoms. The Morgan fingerprint density at radius 3 is 2.94 bits per heavy atom. The molecule has 2 rings (SSSR count). The highest BCUT2D eigenvalue weighted by Gasteiger charge is 2.24. The van der Waals surface area contributed by atoms with Crippen LogP contribution in [0.5, 0.6) is 5.75 Å². The van der Waals surface area contributed by atoms with Crippen LogP contribution in [-0.4, -0.2) is 32.9 Å². The topological polar surface area (TPSA) is 63.6 Å². The highest BCUT2D eigenvalue weighted by molar-refractivity contribution is 7.85. The van der Waals surface area contributed by atoms with Gasteiger partial charge in [0.2, 0.25) is 0 Å². The second-order valence-electron chi connectivity index (χ2n) is 3.70. The van der Waals surface area contributed by atoms with E-state index in [0.29, 0.717) is 6.42 Å². The molecule has 0 aliphatic carbocycles. The third-order valence-corrected chi connectivity index (χ3v) is 3.68. The summed E-state index contributed by atoms with van der Waals surface area (Å²) in [6.45, 7) is 0. The summed E-state index contributed by atoms with van der Waals surface area (Å²) in [5.74, 6) is -0.245. The third-order valence-electron chi connectivity index (χ3n) is 2.37. The van der Waals surface area contributed by atoms with Crippen molar-refractivity contribution in [3.05, 3.63) is 29.8 Å². The van der Waals surface area contributed by atoms with E-state index in [-0.39, 0.29) is 17.6 Å². The average Bonchev–Trinajstić information content (AvgIpc) is 2.57. The summed E-state index contributed by atoms with van der Waals surface area (Å²) in [5, 5.41) is 8.50. The number of benzene rings is 1. The molecule has 0 saturated heterocycles. The first-order chi connectivity index (χ1) is 7.65. The fourth-order valence-corrected chi connectivity index (χ4v) is 2.74. The number of hydrogen-bond donors (Lipinski definition) is 1. The van der Waals surface area contributed by atoms with Gasteiger partial charge in [0.1, 0.15) is 17.6 Å². The fraction of sp³-hybridized carbons (Fsp3) is 0.364. The molecule has 1 aliphatic heterocycles. The van der Waals surface area contributed by atoms with Gasteiger partial charge in [0.25, 0.3) is 0 Å². The fourth-order valence-electron chi connectivity index (χ4n) is 1.75. The lowest BCUT2D eigenvalue weighted by molar-refractivity contribution is -0.133. The van der Waals surface area contributed by atoms with Gasteiger partial charge in [-0.25, -0.2) is 0 Å². The quantitative estimate of drug-likeness (QED) is 0.846. The van der Waals surface area contributed by atoms with Crippen molar-refractivity contribution in [3.8, 4) is 5.75 Å². The maximum atomic E-state index is 11.4. The molecule has 4 nitrogen and oxygen atoms in total. The van der Waals surface area contributed by atoms with Crippen LogP contribution in [0.4, 0.5) is 0 Å². The van der Waals surface area contributed by atoms with Crippen LogP contribution in [0.2, 0.25) is 0 Å². The molecule has 1 aromatic rings. The number of aliphatic carboxylic acids is 1. The molecule has 2 atom stereocenters. The smallest absolute Gasteiger partial charge is 0.316 e. The van der Waals surface area contributed by atoms with E-state index in [1.165, 1.54) is 0 Å². The minimum Gasteiger partial charge on any atom is -0.489 e. The number of carboxylic acid groups (broad SMARTS) is 1. The molecule has 1 N–H and O–H groups in total. The van der Waals surface area contributed by atoms with E-state index in [4.69, 9.17) is 9.84 Å². The number of ether oxygens (including phenoxy) is 1. The number of carboxylic acids is 1. The van der Waals surface area contributed by atoms with Crippen molar-refractivity contribution in [3.63, 3.8) is 0 Å². The van der Waals surface area contributed by atoms with Crippen molar-refractivity contribution in [2.45, 2.75) is 12.5 Å². The van der Waals surface area contributed by atoms with Crippen LogP contribution in [0.3, 0.4) is 0 Å². The zero-order valence-electron chi connectivity index (χ0n) is 8.59. The predicted octanol–water partition coefficient (Wildman–Crippen LogP) is 0.823. The Morgan fingerprint density at radius 1 is 1.50 bits per heavy atom. The summed E-state index contributed by atoms with van der Waals surface area (Å²) in [5.41, 5.74) is 1.10. The van der Waals surface area contributed by atoms with Crippen molar-refractivity contribution < 1.29 is 18.8 Å². The average molecular weight is 240 g/mol. The molecule has 0 spiro atoms. The van der Waals surface area contributed by atoms with Crippen LogP contribution in [0, 0.1) is 0 Å². The molecule has 2 unspecified atom stereocenters. The maximum Gasteiger partial charge on any atom is 0.316 e. The molecule has 86 valence electrons. The van der Waals surface area contributed by atoms with Gasteiger partial charge in [-0.15, -0.1) is 0 Å². The van der Waals surface area contributed by atoms with Crippen molar-refractivity contribution in [1.29, 1.82) is 0 Å². The van der Waals surface area contributed by atoms with Crippen molar-refractivity contribution in [1.82, 2.24) is 0 Å². The summed E-state index contributed by atoms with van der Waals surface area (Å²) in [7, 11) is -1.35. The largest absolute Gasteiger partial charge is 0.489 e. The van der Waals surface area contributed by atoms with Gasteiger partial charge < -0.3 is 9.84 Å². The highest BCUT2D eigenvalue weighted by Crippen LogP contribution is 2.28. The van der Waals surface area contributed by atoms with E-state index in [1.54, 1.807) is 0 Å². The normalized spacial score (nSPS) is 19.9. The van der Waals surface area contributed by atoms with E-state index in [1.807, 2.05) is 24.3 Å².